The molecule has 1 rings (SSSR count). The van der Waals surface area contributed by atoms with Gasteiger partial charge < -0.3 is 0 Å². The molecule has 72 valence electrons. The Balaban J connectivity index is 3.02. The first-order chi connectivity index (χ1) is 5.28. The van der Waals surface area contributed by atoms with Crippen molar-refractivity contribution in [1.82, 2.24) is 4.31 Å². The number of nitrogens with zero attached hydrogens (tertiary/aromatic N) is 1. The van der Waals surface area contributed by atoms with Crippen LogP contribution in [0.1, 0.15) is 27.2 Å². The Bertz CT molecular complexity index is 269. The van der Waals surface area contributed by atoms with Crippen molar-refractivity contribution >= 4 is 10.0 Å². The quantitative estimate of drug-likeness (QED) is 0.574. The maximum atomic E-state index is 11.5. The van der Waals surface area contributed by atoms with Gasteiger partial charge in [-0.15, -0.1) is 0 Å². The predicted octanol–water partition coefficient (Wildman–Crippen LogP) is 1.07. The zero-order valence-corrected chi connectivity index (χ0v) is 8.98. The van der Waals surface area contributed by atoms with Crippen molar-refractivity contribution in [2.24, 2.45) is 5.92 Å². The zero-order valence-electron chi connectivity index (χ0n) is 8.16. The molecule has 0 spiro atoms. The molecule has 1 unspecified atom stereocenters. The van der Waals surface area contributed by atoms with Gasteiger partial charge in [0, 0.05) is 12.6 Å². The van der Waals surface area contributed by atoms with Gasteiger partial charge in [0.25, 0.3) is 0 Å². The van der Waals surface area contributed by atoms with Gasteiger partial charge in [0.1, 0.15) is 0 Å². The van der Waals surface area contributed by atoms with Crippen LogP contribution in [0, 0.1) is 5.92 Å². The Kier molecular flexibility index (Phi) is 2.25. The first-order valence-electron chi connectivity index (χ1n) is 4.25. The van der Waals surface area contributed by atoms with Gasteiger partial charge in [0.15, 0.2) is 0 Å². The zero-order chi connectivity index (χ0) is 9.57. The van der Waals surface area contributed by atoms with E-state index in [0.29, 0.717) is 11.7 Å². The molecule has 0 aromatic carbocycles. The normalized spacial score (nSPS) is 34.8. The molecule has 0 aliphatic carbocycles. The Hall–Kier alpha value is -0.0900. The molecule has 12 heavy (non-hydrogen) atoms. The van der Waals surface area contributed by atoms with Crippen LogP contribution in [-0.2, 0) is 10.0 Å². The molecular weight excluding hydrogens is 174 g/mol. The molecule has 1 aliphatic heterocycles. The largest absolute Gasteiger partial charge is 0.214 e. The van der Waals surface area contributed by atoms with Crippen LogP contribution < -0.4 is 0 Å². The summed E-state index contributed by atoms with van der Waals surface area (Å²) in [4.78, 5) is 0. The van der Waals surface area contributed by atoms with Gasteiger partial charge in [-0.2, -0.15) is 4.31 Å². The summed E-state index contributed by atoms with van der Waals surface area (Å²) in [6, 6.07) is 0. The molecule has 0 N–H and O–H groups in total. The van der Waals surface area contributed by atoms with Crippen LogP contribution in [0.5, 0.6) is 0 Å². The molecule has 0 bridgehead atoms. The summed E-state index contributed by atoms with van der Waals surface area (Å²) in [6.45, 7) is 6.06. The summed E-state index contributed by atoms with van der Waals surface area (Å²) in [6.07, 6.45) is 0.777. The van der Waals surface area contributed by atoms with Crippen LogP contribution in [0.4, 0.5) is 0 Å². The third-order valence-electron chi connectivity index (χ3n) is 3.24. The fourth-order valence-electron chi connectivity index (χ4n) is 1.48. The molecule has 0 amide bonds. The highest BCUT2D eigenvalue weighted by molar-refractivity contribution is 7.89. The summed E-state index contributed by atoms with van der Waals surface area (Å²) >= 11 is 0. The minimum Gasteiger partial charge on any atom is -0.212 e. The molecular formula is C8H17NO2S. The topological polar surface area (TPSA) is 37.4 Å². The van der Waals surface area contributed by atoms with Gasteiger partial charge in [-0.05, 0) is 26.2 Å². The Morgan fingerprint density at radius 3 is 2.33 bits per heavy atom. The molecule has 0 saturated carbocycles. The first-order valence-corrected chi connectivity index (χ1v) is 5.86. The highest BCUT2D eigenvalue weighted by atomic mass is 32.2. The van der Waals surface area contributed by atoms with E-state index in [4.69, 9.17) is 0 Å². The average Bonchev–Trinajstić information content (AvgIpc) is 1.96. The lowest BCUT2D eigenvalue weighted by atomic mass is 9.87. The lowest BCUT2D eigenvalue weighted by molar-refractivity contribution is 0.161. The summed E-state index contributed by atoms with van der Waals surface area (Å²) in [5.41, 5.74) is -0.225. The fourth-order valence-corrected chi connectivity index (χ4v) is 3.31. The van der Waals surface area contributed by atoms with Gasteiger partial charge in [0.05, 0.1) is 5.75 Å². The average molecular weight is 191 g/mol. The molecule has 1 heterocycles. The summed E-state index contributed by atoms with van der Waals surface area (Å²) in [7, 11) is -1.30. The van der Waals surface area contributed by atoms with E-state index in [2.05, 4.69) is 6.92 Å². The van der Waals surface area contributed by atoms with Gasteiger partial charge in [-0.3, -0.25) is 0 Å². The smallest absolute Gasteiger partial charge is 0.212 e. The maximum Gasteiger partial charge on any atom is 0.214 e. The lowest BCUT2D eigenvalue weighted by Gasteiger charge is -2.43. The van der Waals surface area contributed by atoms with Crippen LogP contribution in [0.2, 0.25) is 0 Å². The van der Waals surface area contributed by atoms with Crippen molar-refractivity contribution in [3.8, 4) is 0 Å². The maximum absolute atomic E-state index is 11.5. The minimum absolute atomic E-state index is 0.225. The number of hydrogen-bond acceptors (Lipinski definition) is 2. The number of rotatable bonds is 0. The molecule has 0 aromatic heterocycles. The summed E-state index contributed by atoms with van der Waals surface area (Å²) in [5, 5.41) is 0. The van der Waals surface area contributed by atoms with Crippen molar-refractivity contribution in [1.29, 1.82) is 0 Å². The van der Waals surface area contributed by atoms with Crippen molar-refractivity contribution in [2.75, 3.05) is 12.8 Å². The van der Waals surface area contributed by atoms with Crippen LogP contribution >= 0.6 is 0 Å². The van der Waals surface area contributed by atoms with Crippen LogP contribution in [0.3, 0.4) is 0 Å². The van der Waals surface area contributed by atoms with Crippen molar-refractivity contribution in [3.63, 3.8) is 0 Å². The van der Waals surface area contributed by atoms with Gasteiger partial charge in [-0.1, -0.05) is 6.92 Å². The van der Waals surface area contributed by atoms with E-state index in [1.54, 1.807) is 7.05 Å². The second kappa shape index (κ2) is 2.70. The molecule has 3 nitrogen and oxygen atoms in total. The van der Waals surface area contributed by atoms with Crippen molar-refractivity contribution in [2.45, 2.75) is 32.7 Å². The highest BCUT2D eigenvalue weighted by Gasteiger charge is 2.41. The van der Waals surface area contributed by atoms with E-state index < -0.39 is 10.0 Å². The Morgan fingerprint density at radius 2 is 1.92 bits per heavy atom. The molecule has 4 heteroatoms. The second-order valence-electron chi connectivity index (χ2n) is 4.13. The Morgan fingerprint density at radius 1 is 1.42 bits per heavy atom. The number of sulfonamides is 1. The third kappa shape index (κ3) is 1.38. The van der Waals surface area contributed by atoms with Crippen molar-refractivity contribution < 1.29 is 8.42 Å². The van der Waals surface area contributed by atoms with Gasteiger partial charge in [-0.25, -0.2) is 8.42 Å². The third-order valence-corrected chi connectivity index (χ3v) is 5.30. The van der Waals surface area contributed by atoms with Gasteiger partial charge in [0.2, 0.25) is 10.0 Å². The lowest BCUT2D eigenvalue weighted by Crippen LogP contribution is -2.54. The Labute approximate surface area is 74.8 Å². The van der Waals surface area contributed by atoms with E-state index in [1.807, 2.05) is 13.8 Å². The first kappa shape index (κ1) is 9.99. The van der Waals surface area contributed by atoms with Gasteiger partial charge >= 0.3 is 0 Å². The molecule has 1 saturated heterocycles. The van der Waals surface area contributed by atoms with E-state index in [0.717, 1.165) is 6.42 Å². The van der Waals surface area contributed by atoms with E-state index in [9.17, 15) is 8.42 Å². The minimum atomic E-state index is -2.97. The monoisotopic (exact) mass is 191 g/mol. The van der Waals surface area contributed by atoms with E-state index in [-0.39, 0.29) is 5.54 Å². The molecule has 1 aliphatic rings. The molecule has 0 aromatic rings. The molecule has 1 atom stereocenters. The predicted molar refractivity (Wildman–Crippen MR) is 49.4 cm³/mol. The van der Waals surface area contributed by atoms with Crippen LogP contribution in [-0.4, -0.2) is 31.1 Å². The molecule has 0 radical (unpaired) electrons. The van der Waals surface area contributed by atoms with Crippen molar-refractivity contribution in [3.05, 3.63) is 0 Å². The van der Waals surface area contributed by atoms with E-state index >= 15 is 0 Å². The standard InChI is InChI=1S/C8H17NO2S/c1-7-5-6-12(10,11)9(4)8(7,2)3/h7H,5-6H2,1-4H3. The fraction of sp³-hybridized carbons (Fsp3) is 1.00. The molecule has 1 fully saturated rings. The van der Waals surface area contributed by atoms with Crippen LogP contribution in [0.25, 0.3) is 0 Å². The number of hydrogen-bond donors (Lipinski definition) is 0. The van der Waals surface area contributed by atoms with E-state index in [1.165, 1.54) is 4.31 Å². The summed E-state index contributed by atoms with van der Waals surface area (Å²) < 4.78 is 24.4. The van der Waals surface area contributed by atoms with Crippen LogP contribution in [0.15, 0.2) is 0 Å². The highest BCUT2D eigenvalue weighted by Crippen LogP contribution is 2.33. The second-order valence-corrected chi connectivity index (χ2v) is 6.25. The summed E-state index contributed by atoms with van der Waals surface area (Å²) in [5.74, 6) is 0.736. The SMILES string of the molecule is CC1CCS(=O)(=O)N(C)C1(C)C.